The summed E-state index contributed by atoms with van der Waals surface area (Å²) in [5, 5.41) is 2.57. The molecule has 0 fully saturated rings. The number of alkyl carbamates (subject to hydrolysis) is 1. The van der Waals surface area contributed by atoms with Gasteiger partial charge < -0.3 is 14.5 Å². The summed E-state index contributed by atoms with van der Waals surface area (Å²) in [4.78, 5) is 15.4. The van der Waals surface area contributed by atoms with Gasteiger partial charge in [-0.05, 0) is 39.0 Å². The highest BCUT2D eigenvalue weighted by molar-refractivity contribution is 5.74. The van der Waals surface area contributed by atoms with Crippen LogP contribution in [0, 0.1) is 11.8 Å². The Kier molecular flexibility index (Phi) is 3.94. The Morgan fingerprint density at radius 2 is 2.25 bits per heavy atom. The van der Waals surface area contributed by atoms with E-state index in [-0.39, 0.29) is 6.54 Å². The summed E-state index contributed by atoms with van der Waals surface area (Å²) >= 11 is 0. The van der Waals surface area contributed by atoms with Gasteiger partial charge in [-0.1, -0.05) is 11.8 Å². The maximum Gasteiger partial charge on any atom is 0.408 e. The second-order valence-electron chi connectivity index (χ2n) is 5.19. The molecule has 1 aromatic heterocycles. The molecule has 5 nitrogen and oxygen atoms in total. The first-order valence-electron chi connectivity index (χ1n) is 6.23. The van der Waals surface area contributed by atoms with Crippen molar-refractivity contribution in [1.29, 1.82) is 0 Å². The topological polar surface area (TPSA) is 64.4 Å². The number of carbonyl (C=O) groups excluding carboxylic acids is 1. The van der Waals surface area contributed by atoms with Crippen LogP contribution in [-0.2, 0) is 4.74 Å². The van der Waals surface area contributed by atoms with Crippen molar-refractivity contribution in [2.45, 2.75) is 26.4 Å². The minimum absolute atomic E-state index is 0.228. The van der Waals surface area contributed by atoms with Crippen LogP contribution >= 0.6 is 0 Å². The van der Waals surface area contributed by atoms with E-state index in [0.717, 1.165) is 16.7 Å². The number of aromatic nitrogens is 1. The van der Waals surface area contributed by atoms with Gasteiger partial charge in [0.05, 0.1) is 6.54 Å². The maximum absolute atomic E-state index is 11.4. The molecule has 2 rings (SSSR count). The number of hydrogen-bond acceptors (Lipinski definition) is 4. The lowest BCUT2D eigenvalue weighted by atomic mass is 10.2. The highest BCUT2D eigenvalue weighted by Crippen LogP contribution is 2.13. The average Bonchev–Trinajstić information content (AvgIpc) is 2.79. The van der Waals surface area contributed by atoms with Gasteiger partial charge in [0.1, 0.15) is 11.1 Å². The van der Waals surface area contributed by atoms with Crippen molar-refractivity contribution >= 4 is 17.2 Å². The molecule has 104 valence electrons. The fourth-order valence-electron chi connectivity index (χ4n) is 1.51. The number of amides is 1. The Balaban J connectivity index is 1.89. The lowest BCUT2D eigenvalue weighted by molar-refractivity contribution is 0.0535. The molecule has 5 heteroatoms. The predicted molar refractivity (Wildman–Crippen MR) is 75.1 cm³/mol. The lowest BCUT2D eigenvalue weighted by Gasteiger charge is -2.18. The zero-order chi connectivity index (χ0) is 14.6. The van der Waals surface area contributed by atoms with E-state index in [1.165, 1.54) is 6.39 Å². The van der Waals surface area contributed by atoms with Crippen LogP contribution in [0.3, 0.4) is 0 Å². The van der Waals surface area contributed by atoms with Gasteiger partial charge in [0.2, 0.25) is 0 Å². The Morgan fingerprint density at radius 1 is 1.45 bits per heavy atom. The largest absolute Gasteiger partial charge is 0.444 e. The van der Waals surface area contributed by atoms with Crippen molar-refractivity contribution in [3.63, 3.8) is 0 Å². The number of hydrogen-bond donors (Lipinski definition) is 1. The number of oxazole rings is 1. The molecule has 2 aromatic rings. The van der Waals surface area contributed by atoms with Crippen LogP contribution in [0.2, 0.25) is 0 Å². The number of ether oxygens (including phenoxy) is 1. The number of rotatable bonds is 1. The highest BCUT2D eigenvalue weighted by Gasteiger charge is 2.14. The summed E-state index contributed by atoms with van der Waals surface area (Å²) in [6.07, 6.45) is 0.921. The highest BCUT2D eigenvalue weighted by atomic mass is 16.6. The Morgan fingerprint density at radius 3 is 3.00 bits per heavy atom. The molecule has 0 saturated carbocycles. The fraction of sp³-hybridized carbons (Fsp3) is 0.333. The minimum Gasteiger partial charge on any atom is -0.444 e. The van der Waals surface area contributed by atoms with Crippen molar-refractivity contribution < 1.29 is 13.9 Å². The quantitative estimate of drug-likeness (QED) is 0.811. The summed E-state index contributed by atoms with van der Waals surface area (Å²) in [7, 11) is 0. The third kappa shape index (κ3) is 4.02. The van der Waals surface area contributed by atoms with Gasteiger partial charge in [0, 0.05) is 5.56 Å². The standard InChI is InChI=1S/C15H16N2O3/c1-15(2,3)20-14(18)16-8-4-5-11-6-7-13-12(9-11)17-10-19-13/h6-7,9-10H,8H2,1-3H3,(H,16,18). The van der Waals surface area contributed by atoms with Crippen molar-refractivity contribution in [2.75, 3.05) is 6.54 Å². The molecule has 0 spiro atoms. The Labute approximate surface area is 117 Å². The molecule has 1 aromatic carbocycles. The molecule has 0 aliphatic carbocycles. The Bertz CT molecular complexity index is 671. The SMILES string of the molecule is CC(C)(C)OC(=O)NCC#Cc1ccc2ocnc2c1. The van der Waals surface area contributed by atoms with Crippen LogP contribution in [0.15, 0.2) is 29.0 Å². The monoisotopic (exact) mass is 272 g/mol. The van der Waals surface area contributed by atoms with Gasteiger partial charge in [-0.15, -0.1) is 0 Å². The number of nitrogens with zero attached hydrogens (tertiary/aromatic N) is 1. The zero-order valence-electron chi connectivity index (χ0n) is 11.7. The van der Waals surface area contributed by atoms with E-state index >= 15 is 0 Å². The third-order valence-corrected chi connectivity index (χ3v) is 2.28. The first-order valence-corrected chi connectivity index (χ1v) is 6.23. The van der Waals surface area contributed by atoms with Gasteiger partial charge in [-0.25, -0.2) is 9.78 Å². The summed E-state index contributed by atoms with van der Waals surface area (Å²) in [6, 6.07) is 5.49. The molecule has 0 aliphatic rings. The lowest BCUT2D eigenvalue weighted by Crippen LogP contribution is -2.32. The maximum atomic E-state index is 11.4. The van der Waals surface area contributed by atoms with Gasteiger partial charge in [-0.3, -0.25) is 0 Å². The number of benzene rings is 1. The molecule has 0 radical (unpaired) electrons. The first-order chi connectivity index (χ1) is 9.44. The molecule has 20 heavy (non-hydrogen) atoms. The van der Waals surface area contributed by atoms with Crippen molar-refractivity contribution in [2.24, 2.45) is 0 Å². The van der Waals surface area contributed by atoms with Gasteiger partial charge in [0.15, 0.2) is 12.0 Å². The van der Waals surface area contributed by atoms with Crippen LogP contribution in [0.5, 0.6) is 0 Å². The van der Waals surface area contributed by atoms with E-state index in [1.807, 2.05) is 39.0 Å². The van der Waals surface area contributed by atoms with E-state index in [9.17, 15) is 4.79 Å². The number of fused-ring (bicyclic) bond motifs is 1. The molecule has 0 atom stereocenters. The summed E-state index contributed by atoms with van der Waals surface area (Å²) in [5.74, 6) is 5.80. The third-order valence-electron chi connectivity index (χ3n) is 2.28. The normalized spacial score (nSPS) is 10.8. The molecule has 0 bridgehead atoms. The summed E-state index contributed by atoms with van der Waals surface area (Å²) in [5.41, 5.74) is 1.80. The average molecular weight is 272 g/mol. The van der Waals surface area contributed by atoms with Crippen molar-refractivity contribution in [3.05, 3.63) is 30.2 Å². The Hall–Kier alpha value is -2.48. The van der Waals surface area contributed by atoms with Crippen molar-refractivity contribution in [1.82, 2.24) is 10.3 Å². The van der Waals surface area contributed by atoms with Gasteiger partial charge >= 0.3 is 6.09 Å². The van der Waals surface area contributed by atoms with Crippen LogP contribution in [0.1, 0.15) is 26.3 Å². The zero-order valence-corrected chi connectivity index (χ0v) is 11.7. The number of nitrogens with one attached hydrogen (secondary N) is 1. The summed E-state index contributed by atoms with van der Waals surface area (Å²) < 4.78 is 10.2. The van der Waals surface area contributed by atoms with E-state index in [2.05, 4.69) is 22.1 Å². The molecule has 0 aliphatic heterocycles. The summed E-state index contributed by atoms with van der Waals surface area (Å²) in [6.45, 7) is 5.66. The van der Waals surface area contributed by atoms with Crippen molar-refractivity contribution in [3.8, 4) is 11.8 Å². The first kappa shape index (κ1) is 13.9. The van der Waals surface area contributed by atoms with Gasteiger partial charge in [-0.2, -0.15) is 0 Å². The molecular weight excluding hydrogens is 256 g/mol. The predicted octanol–water partition coefficient (Wildman–Crippen LogP) is 2.70. The molecule has 1 amide bonds. The molecule has 0 saturated heterocycles. The van der Waals surface area contributed by atoms with E-state index in [4.69, 9.17) is 9.15 Å². The number of carbonyl (C=O) groups is 1. The molecule has 1 heterocycles. The van der Waals surface area contributed by atoms with Crippen LogP contribution in [-0.4, -0.2) is 23.2 Å². The van der Waals surface area contributed by atoms with E-state index in [0.29, 0.717) is 0 Å². The molecular formula is C15H16N2O3. The van der Waals surface area contributed by atoms with Gasteiger partial charge in [0.25, 0.3) is 0 Å². The fourth-order valence-corrected chi connectivity index (χ4v) is 1.51. The van der Waals surface area contributed by atoms with Crippen LogP contribution < -0.4 is 5.32 Å². The second kappa shape index (κ2) is 5.66. The second-order valence-corrected chi connectivity index (χ2v) is 5.19. The minimum atomic E-state index is -0.504. The molecule has 1 N–H and O–H groups in total. The van der Waals surface area contributed by atoms with Crippen LogP contribution in [0.4, 0.5) is 4.79 Å². The molecule has 0 unspecified atom stereocenters. The van der Waals surface area contributed by atoms with E-state index in [1.54, 1.807) is 0 Å². The van der Waals surface area contributed by atoms with Crippen LogP contribution in [0.25, 0.3) is 11.1 Å². The smallest absolute Gasteiger partial charge is 0.408 e. The van der Waals surface area contributed by atoms with E-state index < -0.39 is 11.7 Å².